The van der Waals surface area contributed by atoms with Crippen LogP contribution in [0.4, 0.5) is 0 Å². The molecular formula is C40H66O4. The summed E-state index contributed by atoms with van der Waals surface area (Å²) in [6.07, 6.45) is 25.6. The van der Waals surface area contributed by atoms with Crippen molar-refractivity contribution < 1.29 is 19.1 Å². The van der Waals surface area contributed by atoms with Crippen LogP contribution in [-0.2, 0) is 19.1 Å². The number of fused-ring (bicyclic) bond motifs is 5. The van der Waals surface area contributed by atoms with E-state index in [4.69, 9.17) is 9.47 Å². The Morgan fingerprint density at radius 3 is 2.30 bits per heavy atom. The predicted molar refractivity (Wildman–Crippen MR) is 181 cm³/mol. The summed E-state index contributed by atoms with van der Waals surface area (Å²) in [7, 11) is 0. The second kappa shape index (κ2) is 16.3. The monoisotopic (exact) mass is 610 g/mol. The van der Waals surface area contributed by atoms with Crippen LogP contribution < -0.4 is 0 Å². The third-order valence-electron chi connectivity index (χ3n) is 12.9. The molecule has 250 valence electrons. The number of rotatable bonds is 17. The molecule has 0 aromatic carbocycles. The van der Waals surface area contributed by atoms with E-state index in [0.29, 0.717) is 30.3 Å². The van der Waals surface area contributed by atoms with Crippen molar-refractivity contribution in [2.45, 2.75) is 163 Å². The van der Waals surface area contributed by atoms with Gasteiger partial charge >= 0.3 is 11.9 Å². The smallest absolute Gasteiger partial charge is 0.306 e. The van der Waals surface area contributed by atoms with Crippen LogP contribution in [0, 0.1) is 46.3 Å². The molecular weight excluding hydrogens is 544 g/mol. The predicted octanol–water partition coefficient (Wildman–Crippen LogP) is 10.8. The van der Waals surface area contributed by atoms with E-state index >= 15 is 0 Å². The number of carbonyl (C=O) groups excluding carboxylic acids is 2. The molecule has 3 fully saturated rings. The molecule has 3 saturated carbocycles. The molecule has 4 rings (SSSR count). The van der Waals surface area contributed by atoms with Crippen LogP contribution in [0.5, 0.6) is 0 Å². The summed E-state index contributed by atoms with van der Waals surface area (Å²) in [6.45, 7) is 16.4. The molecule has 4 heteroatoms. The summed E-state index contributed by atoms with van der Waals surface area (Å²) in [5.74, 6) is 5.00. The van der Waals surface area contributed by atoms with E-state index in [1.807, 2.05) is 0 Å². The van der Waals surface area contributed by atoms with Crippen molar-refractivity contribution in [2.24, 2.45) is 46.3 Å². The molecule has 0 radical (unpaired) electrons. The molecule has 0 aliphatic heterocycles. The fourth-order valence-corrected chi connectivity index (χ4v) is 10.5. The maximum atomic E-state index is 12.7. The average molecular weight is 611 g/mol. The highest BCUT2D eigenvalue weighted by Crippen LogP contribution is 2.67. The summed E-state index contributed by atoms with van der Waals surface area (Å²) in [4.78, 5) is 24.3. The van der Waals surface area contributed by atoms with Gasteiger partial charge in [-0.15, -0.1) is 0 Å². The molecule has 0 aromatic rings. The Hall–Kier alpha value is -1.58. The van der Waals surface area contributed by atoms with Gasteiger partial charge in [0.2, 0.25) is 0 Å². The molecule has 1 unspecified atom stereocenters. The van der Waals surface area contributed by atoms with Crippen LogP contribution in [0.25, 0.3) is 0 Å². The Morgan fingerprint density at radius 2 is 1.59 bits per heavy atom. The van der Waals surface area contributed by atoms with Gasteiger partial charge in [0, 0.05) is 19.3 Å². The largest absolute Gasteiger partial charge is 0.462 e. The lowest BCUT2D eigenvalue weighted by molar-refractivity contribution is -0.151. The van der Waals surface area contributed by atoms with E-state index in [0.717, 1.165) is 86.9 Å². The molecule has 44 heavy (non-hydrogen) atoms. The molecule has 0 saturated heterocycles. The van der Waals surface area contributed by atoms with Gasteiger partial charge in [0.05, 0.1) is 0 Å². The second-order valence-corrected chi connectivity index (χ2v) is 16.2. The van der Waals surface area contributed by atoms with Crippen molar-refractivity contribution in [3.05, 3.63) is 24.3 Å². The highest BCUT2D eigenvalue weighted by Gasteiger charge is 2.59. The first-order valence-corrected chi connectivity index (χ1v) is 18.7. The van der Waals surface area contributed by atoms with Crippen LogP contribution >= 0.6 is 0 Å². The topological polar surface area (TPSA) is 52.6 Å². The Balaban J connectivity index is 1.19. The third-order valence-corrected chi connectivity index (χ3v) is 12.9. The van der Waals surface area contributed by atoms with E-state index < -0.39 is 0 Å². The first-order valence-electron chi connectivity index (χ1n) is 18.7. The molecule has 0 heterocycles. The van der Waals surface area contributed by atoms with Crippen molar-refractivity contribution >= 4 is 11.9 Å². The van der Waals surface area contributed by atoms with E-state index in [1.54, 1.807) is 11.6 Å². The van der Waals surface area contributed by atoms with Gasteiger partial charge in [-0.05, 0) is 104 Å². The SMILES string of the molecule is C=CCOC(=O)CCCCCCCCC(=O)OC1CC[C@@]2(C)C(=CC[C@H]3[C@@H]4CC[C@H]([C@H](C)CCCC(C)C)[C@@]4(C)CC[C@@H]32)C1. The molecule has 8 atom stereocenters. The lowest BCUT2D eigenvalue weighted by Crippen LogP contribution is -2.51. The van der Waals surface area contributed by atoms with Crippen LogP contribution in [0.15, 0.2) is 24.3 Å². The number of esters is 2. The van der Waals surface area contributed by atoms with Gasteiger partial charge in [-0.25, -0.2) is 0 Å². The standard InChI is InChI=1S/C40H66O4/c1-7-27-43-37(41)17-12-10-8-9-11-13-18-38(42)44-32-23-25-39(5)31(28-32)19-20-33-35-22-21-34(30(4)16-14-15-29(2)3)40(35,6)26-24-36(33)39/h7,19,29-30,32-36H,1,8-18,20-28H2,2-6H3/t30-,32?,33+,34-,35+,36+,39+,40-/m1/s1. The lowest BCUT2D eigenvalue weighted by atomic mass is 9.47. The summed E-state index contributed by atoms with van der Waals surface area (Å²) < 4.78 is 11.1. The highest BCUT2D eigenvalue weighted by molar-refractivity contribution is 5.69. The van der Waals surface area contributed by atoms with Gasteiger partial charge in [0.1, 0.15) is 12.7 Å². The molecule has 4 aliphatic carbocycles. The Morgan fingerprint density at radius 1 is 0.886 bits per heavy atom. The Kier molecular flexibility index (Phi) is 13.1. The van der Waals surface area contributed by atoms with Crippen molar-refractivity contribution in [1.29, 1.82) is 0 Å². The number of hydrogen-bond donors (Lipinski definition) is 0. The fraction of sp³-hybridized carbons (Fsp3) is 0.850. The summed E-state index contributed by atoms with van der Waals surface area (Å²) >= 11 is 0. The Labute approximate surface area is 270 Å². The first-order chi connectivity index (χ1) is 21.1. The zero-order valence-corrected chi connectivity index (χ0v) is 29.2. The first kappa shape index (κ1) is 35.3. The minimum Gasteiger partial charge on any atom is -0.462 e. The number of unbranched alkanes of at least 4 members (excludes halogenated alkanes) is 5. The Bertz CT molecular complexity index is 982. The quantitative estimate of drug-likeness (QED) is 0.0934. The van der Waals surface area contributed by atoms with E-state index in [-0.39, 0.29) is 18.0 Å². The highest BCUT2D eigenvalue weighted by atomic mass is 16.5. The number of allylic oxidation sites excluding steroid dienone is 1. The molecule has 0 bridgehead atoms. The minimum atomic E-state index is -0.138. The molecule has 0 amide bonds. The summed E-state index contributed by atoms with van der Waals surface area (Å²) in [6, 6.07) is 0. The van der Waals surface area contributed by atoms with Crippen LogP contribution in [-0.4, -0.2) is 24.6 Å². The summed E-state index contributed by atoms with van der Waals surface area (Å²) in [5.41, 5.74) is 2.44. The van der Waals surface area contributed by atoms with Crippen molar-refractivity contribution in [1.82, 2.24) is 0 Å². The van der Waals surface area contributed by atoms with Gasteiger partial charge in [-0.3, -0.25) is 9.59 Å². The van der Waals surface area contributed by atoms with Crippen LogP contribution in [0.2, 0.25) is 0 Å². The zero-order chi connectivity index (χ0) is 31.7. The fourth-order valence-electron chi connectivity index (χ4n) is 10.5. The van der Waals surface area contributed by atoms with E-state index in [2.05, 4.69) is 47.3 Å². The second-order valence-electron chi connectivity index (χ2n) is 16.2. The van der Waals surface area contributed by atoms with Gasteiger partial charge in [0.15, 0.2) is 0 Å². The van der Waals surface area contributed by atoms with Crippen LogP contribution in [0.1, 0.15) is 157 Å². The van der Waals surface area contributed by atoms with Crippen molar-refractivity contribution in [3.8, 4) is 0 Å². The van der Waals surface area contributed by atoms with Crippen molar-refractivity contribution in [3.63, 3.8) is 0 Å². The van der Waals surface area contributed by atoms with Crippen LogP contribution in [0.3, 0.4) is 0 Å². The third kappa shape index (κ3) is 8.61. The molecule has 4 aliphatic rings. The number of ether oxygens (including phenoxy) is 2. The van der Waals surface area contributed by atoms with Gasteiger partial charge in [0.25, 0.3) is 0 Å². The minimum absolute atomic E-state index is 0.00852. The maximum absolute atomic E-state index is 12.7. The van der Waals surface area contributed by atoms with Gasteiger partial charge < -0.3 is 9.47 Å². The summed E-state index contributed by atoms with van der Waals surface area (Å²) in [5, 5.41) is 0. The van der Waals surface area contributed by atoms with E-state index in [9.17, 15) is 9.59 Å². The molecule has 4 nitrogen and oxygen atoms in total. The zero-order valence-electron chi connectivity index (χ0n) is 29.2. The van der Waals surface area contributed by atoms with Gasteiger partial charge in [-0.2, -0.15) is 0 Å². The molecule has 0 N–H and O–H groups in total. The molecule has 0 aromatic heterocycles. The van der Waals surface area contributed by atoms with Crippen molar-refractivity contribution in [2.75, 3.05) is 6.61 Å². The average Bonchev–Trinajstić information content (AvgIpc) is 3.34. The van der Waals surface area contributed by atoms with E-state index in [1.165, 1.54) is 57.8 Å². The normalized spacial score (nSPS) is 33.5. The maximum Gasteiger partial charge on any atom is 0.306 e. The number of hydrogen-bond acceptors (Lipinski definition) is 4. The lowest BCUT2D eigenvalue weighted by Gasteiger charge is -2.58. The van der Waals surface area contributed by atoms with Gasteiger partial charge in [-0.1, -0.05) is 104 Å². The number of carbonyl (C=O) groups is 2. The molecule has 0 spiro atoms.